The van der Waals surface area contributed by atoms with Crippen molar-refractivity contribution in [2.24, 2.45) is 11.8 Å². The third-order valence-electron chi connectivity index (χ3n) is 6.39. The molecule has 1 N–H and O–H groups in total. The number of aliphatic hydroxyl groups excluding tert-OH is 1. The summed E-state index contributed by atoms with van der Waals surface area (Å²) >= 11 is 7.49. The molecule has 8 nitrogen and oxygen atoms in total. The lowest BCUT2D eigenvalue weighted by Gasteiger charge is -2.38. The van der Waals surface area contributed by atoms with Crippen LogP contribution in [-0.2, 0) is 4.79 Å². The number of imide groups is 1. The molecule has 3 amide bonds. The first-order chi connectivity index (χ1) is 15.8. The molecule has 1 aromatic carbocycles. The number of rotatable bonds is 3. The van der Waals surface area contributed by atoms with Crippen molar-refractivity contribution in [3.05, 3.63) is 68.4 Å². The van der Waals surface area contributed by atoms with Gasteiger partial charge in [-0.25, -0.2) is 9.78 Å². The van der Waals surface area contributed by atoms with Gasteiger partial charge in [0.1, 0.15) is 16.1 Å². The number of hydrogen-bond donors (Lipinski definition) is 1. The number of thiazole rings is 1. The highest BCUT2D eigenvalue weighted by molar-refractivity contribution is 7.11. The molecular formula is C23H20ClN5O3S. The number of carbonyl (C=O) groups excluding carboxylic acids is 2. The topological polar surface area (TPSA) is 101 Å². The normalized spacial score (nSPS) is 24.6. The maximum atomic E-state index is 13.5. The molecule has 3 unspecified atom stereocenters. The van der Waals surface area contributed by atoms with Gasteiger partial charge in [-0.1, -0.05) is 29.8 Å². The van der Waals surface area contributed by atoms with E-state index in [-0.39, 0.29) is 18.4 Å². The average molecular weight is 482 g/mol. The van der Waals surface area contributed by atoms with Crippen LogP contribution in [0.15, 0.2) is 47.1 Å². The van der Waals surface area contributed by atoms with Crippen molar-refractivity contribution in [3.8, 4) is 6.07 Å². The van der Waals surface area contributed by atoms with Crippen LogP contribution in [0.2, 0.25) is 5.15 Å². The summed E-state index contributed by atoms with van der Waals surface area (Å²) in [4.78, 5) is 35.6. The number of hydrogen-bond acceptors (Lipinski definition) is 7. The zero-order chi connectivity index (χ0) is 23.4. The Bertz CT molecular complexity index is 1280. The van der Waals surface area contributed by atoms with Gasteiger partial charge in [-0.3, -0.25) is 14.6 Å². The Morgan fingerprint density at radius 2 is 2.09 bits per heavy atom. The van der Waals surface area contributed by atoms with E-state index in [2.05, 4.69) is 16.0 Å². The van der Waals surface area contributed by atoms with Gasteiger partial charge in [0.05, 0.1) is 35.7 Å². The van der Waals surface area contributed by atoms with Crippen LogP contribution in [0, 0.1) is 23.2 Å². The standard InChI is InChI=1S/C23H20ClN5O3S/c1-27-20-17(22(31)28(2)23(27)32)18(14-5-3-4-12(6-14)8-25)29-9-13(10-30)7-15(19(20)29)21-26-16(24)11-33-21/h3-7,11,13,17-18,30H,9-10H2,1-2H3. The molecule has 0 saturated carbocycles. The van der Waals surface area contributed by atoms with Crippen LogP contribution in [0.3, 0.4) is 0 Å². The van der Waals surface area contributed by atoms with Crippen molar-refractivity contribution >= 4 is 40.4 Å². The van der Waals surface area contributed by atoms with E-state index >= 15 is 0 Å². The van der Waals surface area contributed by atoms with Gasteiger partial charge in [0.2, 0.25) is 5.91 Å². The summed E-state index contributed by atoms with van der Waals surface area (Å²) < 4.78 is 0. The monoisotopic (exact) mass is 481 g/mol. The zero-order valence-corrected chi connectivity index (χ0v) is 19.5. The Morgan fingerprint density at radius 3 is 2.76 bits per heavy atom. The highest BCUT2D eigenvalue weighted by Crippen LogP contribution is 2.53. The highest BCUT2D eigenvalue weighted by Gasteiger charge is 2.54. The van der Waals surface area contributed by atoms with Crippen molar-refractivity contribution in [3.63, 3.8) is 0 Å². The molecule has 1 fully saturated rings. The van der Waals surface area contributed by atoms with E-state index in [1.54, 1.807) is 30.6 Å². The Labute approximate surface area is 199 Å². The van der Waals surface area contributed by atoms with Crippen LogP contribution >= 0.6 is 22.9 Å². The maximum Gasteiger partial charge on any atom is 0.330 e. The third kappa shape index (κ3) is 3.25. The number of fused-ring (bicyclic) bond motifs is 2. The van der Waals surface area contributed by atoms with Crippen molar-refractivity contribution in [1.29, 1.82) is 5.26 Å². The molecule has 1 aromatic heterocycles. The summed E-state index contributed by atoms with van der Waals surface area (Å²) in [6.07, 6.45) is 1.94. The van der Waals surface area contributed by atoms with E-state index < -0.39 is 18.0 Å². The van der Waals surface area contributed by atoms with Gasteiger partial charge in [0.15, 0.2) is 0 Å². The fourth-order valence-corrected chi connectivity index (χ4v) is 5.93. The summed E-state index contributed by atoms with van der Waals surface area (Å²) in [5.41, 5.74) is 3.37. The van der Waals surface area contributed by atoms with E-state index in [1.165, 1.54) is 23.3 Å². The lowest BCUT2D eigenvalue weighted by atomic mass is 9.88. The van der Waals surface area contributed by atoms with Crippen LogP contribution in [0.1, 0.15) is 22.2 Å². The summed E-state index contributed by atoms with van der Waals surface area (Å²) in [6, 6.07) is 8.49. The Hall–Kier alpha value is -3.19. The predicted molar refractivity (Wildman–Crippen MR) is 123 cm³/mol. The molecule has 2 aromatic rings. The summed E-state index contributed by atoms with van der Waals surface area (Å²) in [6.45, 7) is 0.370. The predicted octanol–water partition coefficient (Wildman–Crippen LogP) is 3.08. The fraction of sp³-hybridized carbons (Fsp3) is 0.304. The van der Waals surface area contributed by atoms with Crippen molar-refractivity contribution in [2.75, 3.05) is 27.2 Å². The number of allylic oxidation sites excluding steroid dienone is 1. The van der Waals surface area contributed by atoms with E-state index in [0.29, 0.717) is 28.0 Å². The number of aliphatic hydroxyl groups is 1. The van der Waals surface area contributed by atoms with Crippen LogP contribution in [-0.4, -0.2) is 64.0 Å². The molecule has 33 heavy (non-hydrogen) atoms. The number of urea groups is 1. The molecular weight excluding hydrogens is 462 g/mol. The van der Waals surface area contributed by atoms with E-state index in [4.69, 9.17) is 11.6 Å². The van der Waals surface area contributed by atoms with Gasteiger partial charge in [0, 0.05) is 37.5 Å². The van der Waals surface area contributed by atoms with Gasteiger partial charge in [-0.2, -0.15) is 5.26 Å². The van der Waals surface area contributed by atoms with Gasteiger partial charge in [-0.05, 0) is 17.7 Å². The molecule has 0 radical (unpaired) electrons. The molecule has 0 aliphatic carbocycles. The SMILES string of the molecule is CN1C(=O)C2C(=C3C(c4nc(Cl)cs4)=CC(CO)CN3C2c2cccc(C#N)c2)N(C)C1=O. The molecule has 0 spiro atoms. The van der Waals surface area contributed by atoms with Crippen LogP contribution < -0.4 is 0 Å². The van der Waals surface area contributed by atoms with Gasteiger partial charge >= 0.3 is 6.03 Å². The summed E-state index contributed by atoms with van der Waals surface area (Å²) in [7, 11) is 3.15. The maximum absolute atomic E-state index is 13.5. The number of nitriles is 1. The van der Waals surface area contributed by atoms with Gasteiger partial charge < -0.3 is 10.0 Å². The Balaban J connectivity index is 1.76. The van der Waals surface area contributed by atoms with Gasteiger partial charge in [-0.15, -0.1) is 11.3 Å². The second kappa shape index (κ2) is 7.99. The molecule has 4 heterocycles. The smallest absolute Gasteiger partial charge is 0.330 e. The first-order valence-corrected chi connectivity index (χ1v) is 11.6. The number of amides is 3. The molecule has 3 aliphatic rings. The molecule has 0 bridgehead atoms. The average Bonchev–Trinajstić information content (AvgIpc) is 3.42. The molecule has 3 aliphatic heterocycles. The minimum atomic E-state index is -0.655. The quantitative estimate of drug-likeness (QED) is 0.723. The molecule has 5 rings (SSSR count). The van der Waals surface area contributed by atoms with Crippen LogP contribution in [0.5, 0.6) is 0 Å². The minimum absolute atomic E-state index is 0.0834. The number of halogens is 1. The van der Waals surface area contributed by atoms with E-state index in [0.717, 1.165) is 21.7 Å². The number of benzene rings is 1. The zero-order valence-electron chi connectivity index (χ0n) is 17.9. The lowest BCUT2D eigenvalue weighted by Crippen LogP contribution is -2.52. The Kier molecular flexibility index (Phi) is 5.24. The minimum Gasteiger partial charge on any atom is -0.396 e. The molecule has 10 heteroatoms. The highest BCUT2D eigenvalue weighted by atomic mass is 35.5. The summed E-state index contributed by atoms with van der Waals surface area (Å²) in [5.74, 6) is -1.17. The number of aromatic nitrogens is 1. The van der Waals surface area contributed by atoms with Crippen molar-refractivity contribution < 1.29 is 14.7 Å². The fourth-order valence-electron chi connectivity index (χ4n) is 4.96. The largest absolute Gasteiger partial charge is 0.396 e. The first kappa shape index (κ1) is 21.6. The van der Waals surface area contributed by atoms with E-state index in [9.17, 15) is 20.0 Å². The van der Waals surface area contributed by atoms with Crippen LogP contribution in [0.25, 0.3) is 5.57 Å². The summed E-state index contributed by atoms with van der Waals surface area (Å²) in [5, 5.41) is 22.2. The molecule has 168 valence electrons. The second-order valence-electron chi connectivity index (χ2n) is 8.28. The van der Waals surface area contributed by atoms with Crippen molar-refractivity contribution in [2.45, 2.75) is 6.04 Å². The second-order valence-corrected chi connectivity index (χ2v) is 9.53. The molecule has 3 atom stereocenters. The lowest BCUT2D eigenvalue weighted by molar-refractivity contribution is -0.134. The van der Waals surface area contributed by atoms with Crippen LogP contribution in [0.4, 0.5) is 4.79 Å². The molecule has 1 saturated heterocycles. The Morgan fingerprint density at radius 1 is 1.30 bits per heavy atom. The third-order valence-corrected chi connectivity index (χ3v) is 7.59. The number of carbonyl (C=O) groups is 2. The number of nitrogens with zero attached hydrogens (tertiary/aromatic N) is 5. The van der Waals surface area contributed by atoms with Gasteiger partial charge in [0.25, 0.3) is 0 Å². The van der Waals surface area contributed by atoms with E-state index in [1.807, 2.05) is 12.1 Å². The van der Waals surface area contributed by atoms with Crippen molar-refractivity contribution in [1.82, 2.24) is 19.7 Å². The first-order valence-electron chi connectivity index (χ1n) is 10.4.